The molecule has 0 fully saturated rings. The summed E-state index contributed by atoms with van der Waals surface area (Å²) in [5.74, 6) is 0.0237. The van der Waals surface area contributed by atoms with Crippen molar-refractivity contribution in [3.05, 3.63) is 41.5 Å². The van der Waals surface area contributed by atoms with E-state index in [0.717, 1.165) is 0 Å². The second kappa shape index (κ2) is 7.78. The molecule has 8 heteroatoms. The summed E-state index contributed by atoms with van der Waals surface area (Å²) >= 11 is 0. The number of benzene rings is 1. The number of hydrogen-bond acceptors (Lipinski definition) is 6. The van der Waals surface area contributed by atoms with E-state index in [0.29, 0.717) is 24.6 Å². The monoisotopic (exact) mass is 346 g/mol. The highest BCUT2D eigenvalue weighted by molar-refractivity contribution is 5.97. The molecule has 0 bridgehead atoms. The number of rotatable bonds is 5. The van der Waals surface area contributed by atoms with Crippen molar-refractivity contribution in [3.63, 3.8) is 0 Å². The lowest BCUT2D eigenvalue weighted by atomic mass is 9.96. The molecule has 2 amide bonds. The molecular formula is C17H22N4O4. The Hall–Kier alpha value is -2.90. The molecule has 25 heavy (non-hydrogen) atoms. The lowest BCUT2D eigenvalue weighted by Gasteiger charge is -2.10. The van der Waals surface area contributed by atoms with Crippen molar-refractivity contribution in [1.82, 2.24) is 21.0 Å². The van der Waals surface area contributed by atoms with E-state index in [1.165, 1.54) is 12.1 Å². The van der Waals surface area contributed by atoms with Crippen LogP contribution in [0.4, 0.5) is 0 Å². The number of aromatic nitrogens is 2. The van der Waals surface area contributed by atoms with Crippen molar-refractivity contribution in [2.45, 2.75) is 45.4 Å². The summed E-state index contributed by atoms with van der Waals surface area (Å²) in [5, 5.41) is 13.5. The van der Waals surface area contributed by atoms with E-state index < -0.39 is 5.91 Å². The highest BCUT2D eigenvalue weighted by Gasteiger charge is 2.20. The van der Waals surface area contributed by atoms with Gasteiger partial charge in [0, 0.05) is 18.3 Å². The van der Waals surface area contributed by atoms with E-state index in [2.05, 4.69) is 21.0 Å². The standard InChI is InChI=1S/C17H22N4O4/c1-17(2,3)16-18-14(25-21-16)10-6-9-13(23)19-20-15(24)11-7-4-5-8-12(11)22/h4-5,7-8,22H,6,9-10H2,1-3H3,(H,19,23)(H,20,24). The number of aromatic hydroxyl groups is 1. The maximum Gasteiger partial charge on any atom is 0.273 e. The minimum absolute atomic E-state index is 0.0865. The van der Waals surface area contributed by atoms with Gasteiger partial charge < -0.3 is 9.63 Å². The first kappa shape index (κ1) is 18.4. The minimum Gasteiger partial charge on any atom is -0.507 e. The molecule has 0 aliphatic carbocycles. The quantitative estimate of drug-likeness (QED) is 0.711. The molecule has 2 aromatic rings. The zero-order valence-corrected chi connectivity index (χ0v) is 14.5. The van der Waals surface area contributed by atoms with Crippen LogP contribution in [-0.2, 0) is 16.6 Å². The van der Waals surface area contributed by atoms with Crippen LogP contribution in [-0.4, -0.2) is 27.1 Å². The summed E-state index contributed by atoms with van der Waals surface area (Å²) in [6.45, 7) is 5.97. The molecule has 0 saturated carbocycles. The zero-order chi connectivity index (χ0) is 18.4. The molecule has 2 rings (SSSR count). The van der Waals surface area contributed by atoms with Crippen molar-refractivity contribution in [2.75, 3.05) is 0 Å². The predicted molar refractivity (Wildman–Crippen MR) is 89.7 cm³/mol. The van der Waals surface area contributed by atoms with Gasteiger partial charge in [0.05, 0.1) is 5.56 Å². The van der Waals surface area contributed by atoms with Gasteiger partial charge in [-0.2, -0.15) is 4.98 Å². The Morgan fingerprint density at radius 2 is 1.92 bits per heavy atom. The van der Waals surface area contributed by atoms with Gasteiger partial charge in [-0.25, -0.2) is 0 Å². The molecule has 0 unspecified atom stereocenters. The Labute approximate surface area is 145 Å². The third-order valence-electron chi connectivity index (χ3n) is 3.40. The number of nitrogens with one attached hydrogen (secondary N) is 2. The van der Waals surface area contributed by atoms with Gasteiger partial charge in [0.1, 0.15) is 5.75 Å². The fraction of sp³-hybridized carbons (Fsp3) is 0.412. The summed E-state index contributed by atoms with van der Waals surface area (Å²) in [6, 6.07) is 6.08. The van der Waals surface area contributed by atoms with Crippen molar-refractivity contribution >= 4 is 11.8 Å². The number of amides is 2. The first-order chi connectivity index (χ1) is 11.8. The number of carbonyl (C=O) groups excluding carboxylic acids is 2. The van der Waals surface area contributed by atoms with Gasteiger partial charge >= 0.3 is 0 Å². The Morgan fingerprint density at radius 3 is 2.56 bits per heavy atom. The Balaban J connectivity index is 1.73. The van der Waals surface area contributed by atoms with Gasteiger partial charge in [0.2, 0.25) is 11.8 Å². The lowest BCUT2D eigenvalue weighted by Crippen LogP contribution is -2.41. The van der Waals surface area contributed by atoms with Gasteiger partial charge in [-0.3, -0.25) is 20.4 Å². The van der Waals surface area contributed by atoms with Gasteiger partial charge in [-0.1, -0.05) is 38.1 Å². The Morgan fingerprint density at radius 1 is 1.20 bits per heavy atom. The van der Waals surface area contributed by atoms with Crippen LogP contribution in [0.3, 0.4) is 0 Å². The minimum atomic E-state index is -0.585. The number of phenolic OH excluding ortho intramolecular Hbond substituents is 1. The summed E-state index contributed by atoms with van der Waals surface area (Å²) in [5.41, 5.74) is 4.47. The molecule has 0 aliphatic rings. The van der Waals surface area contributed by atoms with Gasteiger partial charge in [0.25, 0.3) is 5.91 Å². The third-order valence-corrected chi connectivity index (χ3v) is 3.40. The average molecular weight is 346 g/mol. The maximum atomic E-state index is 11.8. The molecule has 0 atom stereocenters. The average Bonchev–Trinajstić information content (AvgIpc) is 3.02. The van der Waals surface area contributed by atoms with Crippen molar-refractivity contribution in [3.8, 4) is 5.75 Å². The van der Waals surface area contributed by atoms with E-state index >= 15 is 0 Å². The summed E-state index contributed by atoms with van der Waals surface area (Å²) in [7, 11) is 0. The molecule has 0 spiro atoms. The van der Waals surface area contributed by atoms with Crippen LogP contribution in [0.1, 0.15) is 55.7 Å². The Bertz CT molecular complexity index is 749. The number of phenols is 1. The molecule has 134 valence electrons. The van der Waals surface area contributed by atoms with Crippen LogP contribution in [0.5, 0.6) is 5.75 Å². The normalized spacial score (nSPS) is 11.2. The molecule has 0 saturated heterocycles. The Kier molecular flexibility index (Phi) is 5.74. The molecule has 1 heterocycles. The van der Waals surface area contributed by atoms with E-state index in [1.807, 2.05) is 20.8 Å². The number of hydrogen-bond donors (Lipinski definition) is 3. The zero-order valence-electron chi connectivity index (χ0n) is 14.5. The number of hydrazine groups is 1. The second-order valence-corrected chi connectivity index (χ2v) is 6.63. The smallest absolute Gasteiger partial charge is 0.273 e. The number of carbonyl (C=O) groups is 2. The largest absolute Gasteiger partial charge is 0.507 e. The van der Waals surface area contributed by atoms with Crippen LogP contribution >= 0.6 is 0 Å². The van der Waals surface area contributed by atoms with Crippen molar-refractivity contribution in [1.29, 1.82) is 0 Å². The molecule has 1 aromatic heterocycles. The topological polar surface area (TPSA) is 117 Å². The predicted octanol–water partition coefficient (Wildman–Crippen LogP) is 1.86. The molecule has 8 nitrogen and oxygen atoms in total. The highest BCUT2D eigenvalue weighted by atomic mass is 16.5. The van der Waals surface area contributed by atoms with Crippen molar-refractivity contribution < 1.29 is 19.2 Å². The third kappa shape index (κ3) is 5.30. The van der Waals surface area contributed by atoms with Crippen molar-refractivity contribution in [2.24, 2.45) is 0 Å². The van der Waals surface area contributed by atoms with Crippen LogP contribution in [0.25, 0.3) is 0 Å². The first-order valence-electron chi connectivity index (χ1n) is 7.97. The summed E-state index contributed by atoms with van der Waals surface area (Å²) < 4.78 is 5.15. The summed E-state index contributed by atoms with van der Waals surface area (Å²) in [6.07, 6.45) is 1.17. The number of nitrogens with zero attached hydrogens (tertiary/aromatic N) is 2. The summed E-state index contributed by atoms with van der Waals surface area (Å²) in [4.78, 5) is 27.9. The van der Waals surface area contributed by atoms with E-state index in [9.17, 15) is 14.7 Å². The van der Waals surface area contributed by atoms with Gasteiger partial charge in [0.15, 0.2) is 5.82 Å². The van der Waals surface area contributed by atoms with Crippen LogP contribution in [0.15, 0.2) is 28.8 Å². The first-order valence-corrected chi connectivity index (χ1v) is 7.97. The molecule has 1 aromatic carbocycles. The number of aryl methyl sites for hydroxylation is 1. The second-order valence-electron chi connectivity index (χ2n) is 6.63. The maximum absolute atomic E-state index is 11.8. The van der Waals surface area contributed by atoms with Crippen LogP contribution in [0, 0.1) is 0 Å². The molecule has 0 radical (unpaired) electrons. The van der Waals surface area contributed by atoms with E-state index in [-0.39, 0.29) is 29.1 Å². The number of para-hydroxylation sites is 1. The molecule has 3 N–H and O–H groups in total. The van der Waals surface area contributed by atoms with Gasteiger partial charge in [-0.15, -0.1) is 0 Å². The molecular weight excluding hydrogens is 324 g/mol. The molecule has 0 aliphatic heterocycles. The van der Waals surface area contributed by atoms with Crippen LogP contribution < -0.4 is 10.9 Å². The van der Waals surface area contributed by atoms with Crippen LogP contribution in [0.2, 0.25) is 0 Å². The SMILES string of the molecule is CC(C)(C)c1noc(CCCC(=O)NNC(=O)c2ccccc2O)n1. The van der Waals surface area contributed by atoms with E-state index in [4.69, 9.17) is 4.52 Å². The highest BCUT2D eigenvalue weighted by Crippen LogP contribution is 2.19. The van der Waals surface area contributed by atoms with E-state index in [1.54, 1.807) is 12.1 Å². The fourth-order valence-electron chi connectivity index (χ4n) is 1.98. The fourth-order valence-corrected chi connectivity index (χ4v) is 1.98. The van der Waals surface area contributed by atoms with Gasteiger partial charge in [-0.05, 0) is 18.6 Å². The lowest BCUT2D eigenvalue weighted by molar-refractivity contribution is -0.121.